The van der Waals surface area contributed by atoms with Gasteiger partial charge in [-0.1, -0.05) is 42.5 Å². The SMILES string of the molecule is C=C/C=N\C(=C/N)C(C)NC(=O)c1cc(-c2ccc(C)cc2)cc(-n2ncnc2C(C)OC)c1. The predicted octanol–water partition coefficient (Wildman–Crippen LogP) is 4.13. The lowest BCUT2D eigenvalue weighted by atomic mass is 10.0. The van der Waals surface area contributed by atoms with E-state index in [0.29, 0.717) is 22.8 Å². The summed E-state index contributed by atoms with van der Waals surface area (Å²) < 4.78 is 7.13. The number of nitrogens with zero attached hydrogens (tertiary/aromatic N) is 4. The lowest BCUT2D eigenvalue weighted by Gasteiger charge is -2.17. The van der Waals surface area contributed by atoms with E-state index in [1.165, 1.54) is 18.7 Å². The van der Waals surface area contributed by atoms with Crippen LogP contribution in [0.25, 0.3) is 16.8 Å². The first kappa shape index (κ1) is 24.6. The van der Waals surface area contributed by atoms with Crippen LogP contribution in [0.1, 0.15) is 41.7 Å². The van der Waals surface area contributed by atoms with Gasteiger partial charge < -0.3 is 15.8 Å². The van der Waals surface area contributed by atoms with Crippen molar-refractivity contribution in [3.05, 3.63) is 90.3 Å². The lowest BCUT2D eigenvalue weighted by molar-refractivity contribution is 0.0945. The lowest BCUT2D eigenvalue weighted by Crippen LogP contribution is -2.34. The quantitative estimate of drug-likeness (QED) is 0.469. The van der Waals surface area contributed by atoms with E-state index in [9.17, 15) is 4.79 Å². The van der Waals surface area contributed by atoms with Crippen molar-refractivity contribution in [1.82, 2.24) is 20.1 Å². The van der Waals surface area contributed by atoms with Gasteiger partial charge in [-0.15, -0.1) is 0 Å². The van der Waals surface area contributed by atoms with Crippen LogP contribution in [0.5, 0.6) is 0 Å². The highest BCUT2D eigenvalue weighted by atomic mass is 16.5. The molecule has 0 aliphatic rings. The first-order chi connectivity index (χ1) is 16.4. The number of nitrogens with two attached hydrogens (primary N) is 1. The molecule has 3 N–H and O–H groups in total. The molecule has 0 radical (unpaired) electrons. The molecule has 0 spiro atoms. The minimum Gasteiger partial charge on any atom is -0.403 e. The van der Waals surface area contributed by atoms with Gasteiger partial charge in [0, 0.05) is 25.1 Å². The summed E-state index contributed by atoms with van der Waals surface area (Å²) >= 11 is 0. The summed E-state index contributed by atoms with van der Waals surface area (Å²) in [5, 5.41) is 7.34. The monoisotopic (exact) mass is 458 g/mol. The summed E-state index contributed by atoms with van der Waals surface area (Å²) in [6.07, 6.45) is 5.64. The summed E-state index contributed by atoms with van der Waals surface area (Å²) in [4.78, 5) is 21.8. The molecule has 0 saturated heterocycles. The summed E-state index contributed by atoms with van der Waals surface area (Å²) in [5.74, 6) is 0.368. The van der Waals surface area contributed by atoms with Crippen LogP contribution < -0.4 is 11.1 Å². The molecule has 1 amide bonds. The number of allylic oxidation sites excluding steroid dienone is 1. The Morgan fingerprint density at radius 3 is 2.59 bits per heavy atom. The molecule has 0 bridgehead atoms. The van der Waals surface area contributed by atoms with Crippen LogP contribution in [-0.4, -0.2) is 40.0 Å². The van der Waals surface area contributed by atoms with Crippen molar-refractivity contribution in [3.63, 3.8) is 0 Å². The van der Waals surface area contributed by atoms with Crippen LogP contribution >= 0.6 is 0 Å². The first-order valence-corrected chi connectivity index (χ1v) is 10.9. The zero-order valence-corrected chi connectivity index (χ0v) is 19.9. The van der Waals surface area contributed by atoms with Gasteiger partial charge in [-0.2, -0.15) is 5.10 Å². The Bertz CT molecular complexity index is 1210. The minimum absolute atomic E-state index is 0.266. The van der Waals surface area contributed by atoms with Gasteiger partial charge in [-0.25, -0.2) is 9.67 Å². The van der Waals surface area contributed by atoms with Gasteiger partial charge in [-0.05, 0) is 50.1 Å². The third-order valence-corrected chi connectivity index (χ3v) is 5.39. The second-order valence-electron chi connectivity index (χ2n) is 7.84. The van der Waals surface area contributed by atoms with Gasteiger partial charge in [0.15, 0.2) is 5.82 Å². The van der Waals surface area contributed by atoms with E-state index in [1.807, 2.05) is 57.2 Å². The van der Waals surface area contributed by atoms with Gasteiger partial charge in [0.05, 0.1) is 17.4 Å². The molecule has 2 unspecified atom stereocenters. The predicted molar refractivity (Wildman–Crippen MR) is 135 cm³/mol. The number of rotatable bonds is 9. The van der Waals surface area contributed by atoms with Crippen LogP contribution in [0, 0.1) is 6.92 Å². The van der Waals surface area contributed by atoms with Crippen molar-refractivity contribution >= 4 is 12.1 Å². The molecule has 0 fully saturated rings. The number of carbonyl (C=O) groups excluding carboxylic acids is 1. The second kappa shape index (κ2) is 11.2. The maximum atomic E-state index is 13.3. The topological polar surface area (TPSA) is 107 Å². The van der Waals surface area contributed by atoms with Crippen molar-refractivity contribution in [1.29, 1.82) is 0 Å². The minimum atomic E-state index is -0.407. The highest BCUT2D eigenvalue weighted by Crippen LogP contribution is 2.26. The molecule has 3 aromatic rings. The van der Waals surface area contributed by atoms with Crippen molar-refractivity contribution in [2.24, 2.45) is 10.7 Å². The van der Waals surface area contributed by atoms with Gasteiger partial charge in [0.25, 0.3) is 5.91 Å². The summed E-state index contributed by atoms with van der Waals surface area (Å²) in [6, 6.07) is 13.3. The molecule has 0 aliphatic heterocycles. The van der Waals surface area contributed by atoms with Gasteiger partial charge in [-0.3, -0.25) is 9.79 Å². The molecule has 176 valence electrons. The van der Waals surface area contributed by atoms with E-state index in [2.05, 4.69) is 27.0 Å². The number of benzene rings is 2. The number of aryl methyl sites for hydroxylation is 1. The number of carbonyl (C=O) groups is 1. The third-order valence-electron chi connectivity index (χ3n) is 5.39. The highest BCUT2D eigenvalue weighted by molar-refractivity contribution is 5.96. The number of hydrogen-bond acceptors (Lipinski definition) is 6. The number of aliphatic imine (C=N–C) groups is 1. The van der Waals surface area contributed by atoms with E-state index in [4.69, 9.17) is 10.5 Å². The molecule has 2 atom stereocenters. The Morgan fingerprint density at radius 1 is 1.21 bits per heavy atom. The summed E-state index contributed by atoms with van der Waals surface area (Å²) in [6.45, 7) is 9.35. The Balaban J connectivity index is 2.05. The fraction of sp³-hybridized carbons (Fsp3) is 0.231. The zero-order chi connectivity index (χ0) is 24.7. The smallest absolute Gasteiger partial charge is 0.251 e. The van der Waals surface area contributed by atoms with E-state index in [0.717, 1.165) is 16.7 Å². The number of hydrogen-bond donors (Lipinski definition) is 2. The number of methoxy groups -OCH3 is 1. The average molecular weight is 459 g/mol. The fourth-order valence-electron chi connectivity index (χ4n) is 3.40. The van der Waals surface area contributed by atoms with Gasteiger partial charge in [0.1, 0.15) is 12.4 Å². The molecule has 1 aromatic heterocycles. The summed E-state index contributed by atoms with van der Waals surface area (Å²) in [5.41, 5.74) is 10.4. The molecular formula is C26H30N6O2. The second-order valence-corrected chi connectivity index (χ2v) is 7.84. The van der Waals surface area contributed by atoms with Crippen molar-refractivity contribution < 1.29 is 9.53 Å². The average Bonchev–Trinajstić information content (AvgIpc) is 3.34. The van der Waals surface area contributed by atoms with Crippen LogP contribution in [0.4, 0.5) is 0 Å². The van der Waals surface area contributed by atoms with Crippen molar-refractivity contribution in [2.75, 3.05) is 7.11 Å². The molecule has 2 aromatic carbocycles. The number of aromatic nitrogens is 3. The van der Waals surface area contributed by atoms with Crippen LogP contribution in [0.2, 0.25) is 0 Å². The number of ether oxygens (including phenoxy) is 1. The Morgan fingerprint density at radius 2 is 1.94 bits per heavy atom. The van der Waals surface area contributed by atoms with Crippen LogP contribution in [-0.2, 0) is 4.74 Å². The molecule has 3 rings (SSSR count). The molecule has 8 nitrogen and oxygen atoms in total. The maximum Gasteiger partial charge on any atom is 0.251 e. The number of amides is 1. The molecule has 0 saturated carbocycles. The van der Waals surface area contributed by atoms with E-state index < -0.39 is 6.04 Å². The van der Waals surface area contributed by atoms with E-state index in [1.54, 1.807) is 23.9 Å². The zero-order valence-electron chi connectivity index (χ0n) is 19.9. The molecule has 1 heterocycles. The van der Waals surface area contributed by atoms with Crippen molar-refractivity contribution in [3.8, 4) is 16.8 Å². The van der Waals surface area contributed by atoms with Crippen LogP contribution in [0.3, 0.4) is 0 Å². The van der Waals surface area contributed by atoms with Crippen molar-refractivity contribution in [2.45, 2.75) is 32.9 Å². The van der Waals surface area contributed by atoms with E-state index in [-0.39, 0.29) is 12.0 Å². The fourth-order valence-corrected chi connectivity index (χ4v) is 3.40. The van der Waals surface area contributed by atoms with Gasteiger partial charge >= 0.3 is 0 Å². The largest absolute Gasteiger partial charge is 0.403 e. The molecular weight excluding hydrogens is 428 g/mol. The Hall–Kier alpha value is -4.04. The summed E-state index contributed by atoms with van der Waals surface area (Å²) in [7, 11) is 1.62. The third kappa shape index (κ3) is 5.65. The molecule has 8 heteroatoms. The Kier molecular flexibility index (Phi) is 8.10. The Labute approximate surface area is 199 Å². The number of nitrogens with one attached hydrogen (secondary N) is 1. The molecule has 0 aliphatic carbocycles. The first-order valence-electron chi connectivity index (χ1n) is 10.9. The maximum absolute atomic E-state index is 13.3. The molecule has 34 heavy (non-hydrogen) atoms. The highest BCUT2D eigenvalue weighted by Gasteiger charge is 2.18. The standard InChI is InChI=1S/C26H30N6O2/c1-6-11-28-24(15-27)18(3)31-26(33)22-12-21(20-9-7-17(2)8-10-20)13-23(14-22)32-25(19(4)34-5)29-16-30-32/h6-16,18-19H,1,27H2,2-5H3,(H,31,33)/b24-15-,28-11-. The van der Waals surface area contributed by atoms with Crippen LogP contribution in [0.15, 0.2) is 78.3 Å². The normalized spacial score (nSPS) is 13.6. The van der Waals surface area contributed by atoms with Gasteiger partial charge in [0.2, 0.25) is 0 Å². The van der Waals surface area contributed by atoms with E-state index >= 15 is 0 Å².